The van der Waals surface area contributed by atoms with Crippen LogP contribution in [0.4, 0.5) is 13.2 Å². The van der Waals surface area contributed by atoms with Gasteiger partial charge in [-0.1, -0.05) is 40.2 Å². The zero-order valence-corrected chi connectivity index (χ0v) is 12.2. The van der Waals surface area contributed by atoms with Gasteiger partial charge >= 0.3 is 6.18 Å². The molecule has 0 aliphatic heterocycles. The topological polar surface area (TPSA) is 26.3 Å². The molecule has 0 spiro atoms. The number of hydrogen-bond acceptors (Lipinski definition) is 2. The number of hydrogen-bond donors (Lipinski definition) is 0. The largest absolute Gasteiger partial charge is 0.485 e. The molecule has 0 amide bonds. The first kappa shape index (κ1) is 15.6. The van der Waals surface area contributed by atoms with Crippen LogP contribution in [0.3, 0.4) is 0 Å². The molecule has 2 aromatic carbocycles. The molecule has 0 aliphatic carbocycles. The molecule has 0 N–H and O–H groups in total. The summed E-state index contributed by atoms with van der Waals surface area (Å²) in [7, 11) is 0. The Balaban J connectivity index is 2.12. The average molecular weight is 359 g/mol. The van der Waals surface area contributed by atoms with Crippen LogP contribution in [0.2, 0.25) is 0 Å². The van der Waals surface area contributed by atoms with Gasteiger partial charge in [-0.05, 0) is 24.3 Å². The number of Topliss-reactive ketones (excluding diaryl/α,β-unsaturated/α-hetero) is 1. The van der Waals surface area contributed by atoms with Gasteiger partial charge in [-0.2, -0.15) is 13.2 Å². The number of halogens is 4. The van der Waals surface area contributed by atoms with E-state index in [2.05, 4.69) is 15.9 Å². The summed E-state index contributed by atoms with van der Waals surface area (Å²) < 4.78 is 44.1. The monoisotopic (exact) mass is 358 g/mol. The van der Waals surface area contributed by atoms with Crippen LogP contribution in [-0.2, 0) is 6.18 Å². The summed E-state index contributed by atoms with van der Waals surface area (Å²) in [4.78, 5) is 11.9. The van der Waals surface area contributed by atoms with Gasteiger partial charge < -0.3 is 4.74 Å². The number of rotatable bonds is 4. The number of benzene rings is 2. The molecule has 0 aliphatic rings. The van der Waals surface area contributed by atoms with Crippen molar-refractivity contribution in [2.75, 3.05) is 6.61 Å². The lowest BCUT2D eigenvalue weighted by Gasteiger charge is -2.13. The minimum absolute atomic E-state index is 0.353. The standard InChI is InChI=1S/C15H10BrF3O2/c16-11-5-3-4-10(8-11)13(20)9-21-14-7-2-1-6-12(14)15(17,18)19/h1-8H,9H2. The molecular weight excluding hydrogens is 349 g/mol. The molecule has 2 aromatic rings. The van der Waals surface area contributed by atoms with Crippen molar-refractivity contribution < 1.29 is 22.7 Å². The van der Waals surface area contributed by atoms with Crippen LogP contribution in [0, 0.1) is 0 Å². The highest BCUT2D eigenvalue weighted by Crippen LogP contribution is 2.35. The summed E-state index contributed by atoms with van der Waals surface area (Å²) >= 11 is 3.22. The predicted molar refractivity (Wildman–Crippen MR) is 75.4 cm³/mol. The fraction of sp³-hybridized carbons (Fsp3) is 0.133. The van der Waals surface area contributed by atoms with Crippen LogP contribution in [0.1, 0.15) is 15.9 Å². The second-order valence-electron chi connectivity index (χ2n) is 4.22. The maximum absolute atomic E-state index is 12.8. The van der Waals surface area contributed by atoms with Crippen LogP contribution in [-0.4, -0.2) is 12.4 Å². The van der Waals surface area contributed by atoms with Crippen molar-refractivity contribution in [2.24, 2.45) is 0 Å². The van der Waals surface area contributed by atoms with Gasteiger partial charge in [-0.25, -0.2) is 0 Å². The van der Waals surface area contributed by atoms with Crippen LogP contribution in [0.15, 0.2) is 53.0 Å². The Labute approximate surface area is 127 Å². The summed E-state index contributed by atoms with van der Waals surface area (Å²) in [5.74, 6) is -0.748. The van der Waals surface area contributed by atoms with E-state index >= 15 is 0 Å². The normalized spacial score (nSPS) is 11.2. The second-order valence-corrected chi connectivity index (χ2v) is 5.13. The van der Waals surface area contributed by atoms with Crippen molar-refractivity contribution in [2.45, 2.75) is 6.18 Å². The quantitative estimate of drug-likeness (QED) is 0.738. The molecule has 21 heavy (non-hydrogen) atoms. The summed E-state index contributed by atoms with van der Waals surface area (Å²) in [5, 5.41) is 0. The first-order valence-electron chi connectivity index (χ1n) is 5.96. The summed E-state index contributed by atoms with van der Waals surface area (Å²) in [6, 6.07) is 11.4. The smallest absolute Gasteiger partial charge is 0.419 e. The maximum atomic E-state index is 12.8. The van der Waals surface area contributed by atoms with Gasteiger partial charge in [0.05, 0.1) is 5.56 Å². The number of carbonyl (C=O) groups excluding carboxylic acids is 1. The Morgan fingerprint density at radius 1 is 1.10 bits per heavy atom. The highest BCUT2D eigenvalue weighted by molar-refractivity contribution is 9.10. The zero-order valence-electron chi connectivity index (χ0n) is 10.7. The lowest BCUT2D eigenvalue weighted by atomic mass is 10.1. The molecule has 0 heterocycles. The highest BCUT2D eigenvalue weighted by atomic mass is 79.9. The van der Waals surface area contributed by atoms with Gasteiger partial charge in [0.15, 0.2) is 12.4 Å². The van der Waals surface area contributed by atoms with Crippen molar-refractivity contribution in [3.8, 4) is 5.75 Å². The third-order valence-corrected chi connectivity index (χ3v) is 3.19. The lowest BCUT2D eigenvalue weighted by Crippen LogP contribution is -2.14. The SMILES string of the molecule is O=C(COc1ccccc1C(F)(F)F)c1cccc(Br)c1. The highest BCUT2D eigenvalue weighted by Gasteiger charge is 2.34. The van der Waals surface area contributed by atoms with Crippen molar-refractivity contribution >= 4 is 21.7 Å². The van der Waals surface area contributed by atoms with E-state index in [1.54, 1.807) is 24.3 Å². The summed E-state index contributed by atoms with van der Waals surface area (Å²) in [6.45, 7) is -0.455. The molecule has 0 aromatic heterocycles. The molecule has 0 saturated heterocycles. The maximum Gasteiger partial charge on any atom is 0.419 e. The Kier molecular flexibility index (Phi) is 4.67. The fourth-order valence-corrected chi connectivity index (χ4v) is 2.11. The third-order valence-electron chi connectivity index (χ3n) is 2.70. The van der Waals surface area contributed by atoms with Crippen molar-refractivity contribution in [3.05, 3.63) is 64.1 Å². The van der Waals surface area contributed by atoms with E-state index in [4.69, 9.17) is 4.74 Å². The third kappa shape index (κ3) is 4.07. The number of carbonyl (C=O) groups is 1. The van der Waals surface area contributed by atoms with Crippen molar-refractivity contribution in [1.82, 2.24) is 0 Å². The van der Waals surface area contributed by atoms with E-state index in [9.17, 15) is 18.0 Å². The van der Waals surface area contributed by atoms with E-state index in [0.717, 1.165) is 6.07 Å². The minimum Gasteiger partial charge on any atom is -0.485 e. The van der Waals surface area contributed by atoms with E-state index in [-0.39, 0.29) is 5.75 Å². The lowest BCUT2D eigenvalue weighted by molar-refractivity contribution is -0.138. The molecule has 0 unspecified atom stereocenters. The van der Waals surface area contributed by atoms with Gasteiger partial charge in [0, 0.05) is 10.0 Å². The second kappa shape index (κ2) is 6.30. The van der Waals surface area contributed by atoms with E-state index < -0.39 is 24.1 Å². The summed E-state index contributed by atoms with van der Waals surface area (Å²) in [6.07, 6.45) is -4.52. The molecule has 0 bridgehead atoms. The van der Waals surface area contributed by atoms with E-state index in [0.29, 0.717) is 10.0 Å². The molecule has 0 radical (unpaired) electrons. The average Bonchev–Trinajstić information content (AvgIpc) is 2.44. The number of ether oxygens (including phenoxy) is 1. The Bertz CT molecular complexity index is 653. The zero-order chi connectivity index (χ0) is 15.5. The molecular formula is C15H10BrF3O2. The number of para-hydroxylation sites is 1. The summed E-state index contributed by atoms with van der Waals surface area (Å²) in [5.41, 5.74) is -0.527. The van der Waals surface area contributed by atoms with Crippen LogP contribution >= 0.6 is 15.9 Å². The van der Waals surface area contributed by atoms with Crippen molar-refractivity contribution in [3.63, 3.8) is 0 Å². The van der Waals surface area contributed by atoms with E-state index in [1.165, 1.54) is 18.2 Å². The molecule has 6 heteroatoms. The van der Waals surface area contributed by atoms with Gasteiger partial charge in [0.2, 0.25) is 0 Å². The molecule has 0 fully saturated rings. The Hall–Kier alpha value is -1.82. The van der Waals surface area contributed by atoms with Crippen molar-refractivity contribution in [1.29, 1.82) is 0 Å². The van der Waals surface area contributed by atoms with Gasteiger partial charge in [-0.15, -0.1) is 0 Å². The molecule has 2 rings (SSSR count). The molecule has 0 saturated carbocycles. The Morgan fingerprint density at radius 3 is 2.48 bits per heavy atom. The Morgan fingerprint density at radius 2 is 1.81 bits per heavy atom. The van der Waals surface area contributed by atoms with Crippen LogP contribution in [0.25, 0.3) is 0 Å². The van der Waals surface area contributed by atoms with Gasteiger partial charge in [-0.3, -0.25) is 4.79 Å². The van der Waals surface area contributed by atoms with Crippen LogP contribution in [0.5, 0.6) is 5.75 Å². The van der Waals surface area contributed by atoms with Gasteiger partial charge in [0.25, 0.3) is 0 Å². The molecule has 2 nitrogen and oxygen atoms in total. The minimum atomic E-state index is -4.52. The van der Waals surface area contributed by atoms with Crippen LogP contribution < -0.4 is 4.74 Å². The number of ketones is 1. The first-order chi connectivity index (χ1) is 9.88. The first-order valence-corrected chi connectivity index (χ1v) is 6.75. The molecule has 0 atom stereocenters. The predicted octanol–water partition coefficient (Wildman–Crippen LogP) is 4.73. The number of alkyl halides is 3. The molecule has 110 valence electrons. The van der Waals surface area contributed by atoms with E-state index in [1.807, 2.05) is 0 Å². The van der Waals surface area contributed by atoms with Gasteiger partial charge in [0.1, 0.15) is 5.75 Å². The fourth-order valence-electron chi connectivity index (χ4n) is 1.72.